The molecule has 3 aliphatic carbocycles. The van der Waals surface area contributed by atoms with E-state index in [-0.39, 0.29) is 0 Å². The monoisotopic (exact) mass is 111 g/mol. The molecule has 0 aromatic heterocycles. The minimum Gasteiger partial charge on any atom is -0.330 e. The molecule has 0 aromatic rings. The van der Waals surface area contributed by atoms with Crippen LogP contribution in [-0.4, -0.2) is 6.54 Å². The summed E-state index contributed by atoms with van der Waals surface area (Å²) in [5, 5.41) is 0. The van der Waals surface area contributed by atoms with E-state index in [9.17, 15) is 0 Å². The Kier molecular flexibility index (Phi) is 0.884. The van der Waals surface area contributed by atoms with Crippen molar-refractivity contribution in [1.82, 2.24) is 0 Å². The predicted molar refractivity (Wildman–Crippen MR) is 33.4 cm³/mol. The molecule has 3 rings (SSSR count). The van der Waals surface area contributed by atoms with E-state index in [0.29, 0.717) is 0 Å². The third-order valence-electron chi connectivity index (χ3n) is 3.00. The zero-order chi connectivity index (χ0) is 5.56. The summed E-state index contributed by atoms with van der Waals surface area (Å²) in [4.78, 5) is 0. The Labute approximate surface area is 50.3 Å². The van der Waals surface area contributed by atoms with Crippen LogP contribution in [0.2, 0.25) is 0 Å². The molecular formula is C7H13N. The molecule has 0 spiro atoms. The third kappa shape index (κ3) is 0.408. The van der Waals surface area contributed by atoms with Crippen molar-refractivity contribution in [2.24, 2.45) is 23.5 Å². The highest BCUT2D eigenvalue weighted by Crippen LogP contribution is 2.52. The molecule has 3 fully saturated rings. The normalized spacial score (nSPS) is 51.4. The van der Waals surface area contributed by atoms with Crippen LogP contribution in [0.5, 0.6) is 0 Å². The minimum absolute atomic E-state index is 0.940. The van der Waals surface area contributed by atoms with Crippen molar-refractivity contribution in [2.45, 2.75) is 19.3 Å². The first-order chi connectivity index (χ1) is 3.92. The Hall–Kier alpha value is -0.0400. The summed E-state index contributed by atoms with van der Waals surface area (Å²) < 4.78 is 0. The van der Waals surface area contributed by atoms with E-state index >= 15 is 0 Å². The van der Waals surface area contributed by atoms with E-state index in [1.54, 1.807) is 0 Å². The maximum Gasteiger partial charge on any atom is -0.00436 e. The maximum absolute atomic E-state index is 5.55. The van der Waals surface area contributed by atoms with Crippen LogP contribution in [0.1, 0.15) is 19.3 Å². The quantitative estimate of drug-likeness (QED) is 0.536. The van der Waals surface area contributed by atoms with Gasteiger partial charge in [-0.2, -0.15) is 0 Å². The molecule has 0 saturated heterocycles. The average Bonchev–Trinajstić information content (AvgIpc) is 2.19. The summed E-state index contributed by atoms with van der Waals surface area (Å²) >= 11 is 0. The first-order valence-electron chi connectivity index (χ1n) is 3.62. The highest BCUT2D eigenvalue weighted by molar-refractivity contribution is 4.96. The fraction of sp³-hybridized carbons (Fsp3) is 1.00. The van der Waals surface area contributed by atoms with Gasteiger partial charge in [0, 0.05) is 0 Å². The Bertz CT molecular complexity index is 86.6. The van der Waals surface area contributed by atoms with E-state index in [1.807, 2.05) is 0 Å². The SMILES string of the molecule is NCC1[C@@H]2CC[C@H]1C2. The lowest BCUT2D eigenvalue weighted by atomic mass is 9.72. The molecule has 2 N–H and O–H groups in total. The molecule has 8 heavy (non-hydrogen) atoms. The van der Waals surface area contributed by atoms with Gasteiger partial charge in [-0.05, 0) is 43.6 Å². The highest BCUT2D eigenvalue weighted by Gasteiger charge is 2.45. The molecule has 1 heteroatoms. The Balaban J connectivity index is 2.02. The molecule has 3 atom stereocenters. The molecule has 1 nitrogen and oxygen atoms in total. The van der Waals surface area contributed by atoms with Gasteiger partial charge in [0.25, 0.3) is 0 Å². The summed E-state index contributed by atoms with van der Waals surface area (Å²) in [6, 6.07) is 0. The van der Waals surface area contributed by atoms with E-state index in [2.05, 4.69) is 0 Å². The second-order valence-corrected chi connectivity index (χ2v) is 3.23. The summed E-state index contributed by atoms with van der Waals surface area (Å²) in [5.74, 6) is 3.03. The van der Waals surface area contributed by atoms with Crippen molar-refractivity contribution in [3.05, 3.63) is 0 Å². The molecule has 2 bridgehead atoms. The summed E-state index contributed by atoms with van der Waals surface area (Å²) in [6.45, 7) is 0.954. The number of hydrogen-bond donors (Lipinski definition) is 1. The van der Waals surface area contributed by atoms with Crippen molar-refractivity contribution in [1.29, 1.82) is 0 Å². The molecule has 3 saturated carbocycles. The van der Waals surface area contributed by atoms with E-state index in [4.69, 9.17) is 5.73 Å². The minimum atomic E-state index is 0.940. The van der Waals surface area contributed by atoms with Crippen LogP contribution in [0.4, 0.5) is 0 Å². The van der Waals surface area contributed by atoms with Crippen molar-refractivity contribution in [3.63, 3.8) is 0 Å². The van der Waals surface area contributed by atoms with Gasteiger partial charge < -0.3 is 5.73 Å². The molecule has 0 aliphatic heterocycles. The second-order valence-electron chi connectivity index (χ2n) is 3.23. The maximum atomic E-state index is 5.55. The van der Waals surface area contributed by atoms with Crippen LogP contribution in [0.25, 0.3) is 0 Å². The summed E-state index contributed by atoms with van der Waals surface area (Å²) in [6.07, 6.45) is 4.46. The molecule has 1 unspecified atom stereocenters. The average molecular weight is 111 g/mol. The lowest BCUT2D eigenvalue weighted by molar-refractivity contribution is 0.166. The molecular weight excluding hydrogens is 98.1 g/mol. The molecule has 0 aromatic carbocycles. The standard InChI is InChI=1S/C7H13N/c8-4-7-5-1-2-6(7)3-5/h5-7H,1-4,8H2/t5-,6+,7?. The van der Waals surface area contributed by atoms with Crippen LogP contribution >= 0.6 is 0 Å². The summed E-state index contributed by atoms with van der Waals surface area (Å²) in [5.41, 5.74) is 5.55. The second kappa shape index (κ2) is 1.47. The topological polar surface area (TPSA) is 26.0 Å². The van der Waals surface area contributed by atoms with Gasteiger partial charge in [0.15, 0.2) is 0 Å². The Morgan fingerprint density at radius 1 is 1.25 bits per heavy atom. The smallest absolute Gasteiger partial charge is 0.00436 e. The van der Waals surface area contributed by atoms with E-state index in [0.717, 1.165) is 24.3 Å². The van der Waals surface area contributed by atoms with Crippen LogP contribution in [-0.2, 0) is 0 Å². The number of hydrogen-bond acceptors (Lipinski definition) is 1. The largest absolute Gasteiger partial charge is 0.330 e. The fourth-order valence-electron chi connectivity index (χ4n) is 2.40. The van der Waals surface area contributed by atoms with Crippen LogP contribution in [0.15, 0.2) is 0 Å². The van der Waals surface area contributed by atoms with Gasteiger partial charge in [-0.25, -0.2) is 0 Å². The van der Waals surface area contributed by atoms with Crippen molar-refractivity contribution in [3.8, 4) is 0 Å². The molecule has 0 heterocycles. The molecule has 46 valence electrons. The van der Waals surface area contributed by atoms with Gasteiger partial charge in [-0.3, -0.25) is 0 Å². The van der Waals surface area contributed by atoms with Gasteiger partial charge in [-0.15, -0.1) is 0 Å². The van der Waals surface area contributed by atoms with Crippen LogP contribution in [0.3, 0.4) is 0 Å². The van der Waals surface area contributed by atoms with Crippen molar-refractivity contribution in [2.75, 3.05) is 6.54 Å². The van der Waals surface area contributed by atoms with Gasteiger partial charge in [0.1, 0.15) is 0 Å². The van der Waals surface area contributed by atoms with Crippen LogP contribution < -0.4 is 5.73 Å². The van der Waals surface area contributed by atoms with Gasteiger partial charge >= 0.3 is 0 Å². The van der Waals surface area contributed by atoms with E-state index in [1.165, 1.54) is 19.3 Å². The van der Waals surface area contributed by atoms with E-state index < -0.39 is 0 Å². The lowest BCUT2D eigenvalue weighted by Crippen LogP contribution is -2.34. The molecule has 3 aliphatic rings. The highest BCUT2D eigenvalue weighted by atomic mass is 14.6. The first-order valence-corrected chi connectivity index (χ1v) is 3.62. The van der Waals surface area contributed by atoms with Gasteiger partial charge in [0.2, 0.25) is 0 Å². The van der Waals surface area contributed by atoms with Crippen LogP contribution in [0, 0.1) is 17.8 Å². The van der Waals surface area contributed by atoms with Crippen molar-refractivity contribution < 1.29 is 0 Å². The molecule has 0 radical (unpaired) electrons. The fourth-order valence-corrected chi connectivity index (χ4v) is 2.40. The number of fused-ring (bicyclic) bond motifs is 1. The van der Waals surface area contributed by atoms with Gasteiger partial charge in [-0.1, -0.05) is 0 Å². The predicted octanol–water partition coefficient (Wildman–Crippen LogP) is 0.991. The lowest BCUT2D eigenvalue weighted by Gasteiger charge is -2.34. The van der Waals surface area contributed by atoms with Crippen molar-refractivity contribution >= 4 is 0 Å². The first kappa shape index (κ1) is 4.80. The zero-order valence-electron chi connectivity index (χ0n) is 5.14. The third-order valence-corrected chi connectivity index (χ3v) is 3.00. The zero-order valence-corrected chi connectivity index (χ0v) is 5.14. The summed E-state index contributed by atoms with van der Waals surface area (Å²) in [7, 11) is 0. The Morgan fingerprint density at radius 2 is 1.88 bits per heavy atom. The number of nitrogens with two attached hydrogens (primary N) is 1. The number of rotatable bonds is 1. The molecule has 0 amide bonds. The Morgan fingerprint density at radius 3 is 2.12 bits per heavy atom. The van der Waals surface area contributed by atoms with Gasteiger partial charge in [0.05, 0.1) is 0 Å².